The Morgan fingerprint density at radius 2 is 2.00 bits per heavy atom. The molecule has 7 heteroatoms. The highest BCUT2D eigenvalue weighted by Gasteiger charge is 2.35. The molecule has 1 unspecified atom stereocenters. The fourth-order valence-electron chi connectivity index (χ4n) is 3.43. The van der Waals surface area contributed by atoms with E-state index in [1.54, 1.807) is 23.3 Å². The Balaban J connectivity index is 1.55. The highest BCUT2D eigenvalue weighted by Crippen LogP contribution is 2.21. The van der Waals surface area contributed by atoms with Gasteiger partial charge < -0.3 is 19.7 Å². The first-order chi connectivity index (χ1) is 13.5. The maximum Gasteiger partial charge on any atom is 0.305 e. The van der Waals surface area contributed by atoms with Crippen LogP contribution in [0.25, 0.3) is 0 Å². The molecule has 1 aromatic carbocycles. The molecule has 1 aliphatic heterocycles. The van der Waals surface area contributed by atoms with E-state index in [1.165, 1.54) is 0 Å². The van der Waals surface area contributed by atoms with Crippen LogP contribution >= 0.6 is 0 Å². The molecule has 28 heavy (non-hydrogen) atoms. The van der Waals surface area contributed by atoms with Crippen LogP contribution in [-0.4, -0.2) is 40.4 Å². The lowest BCUT2D eigenvalue weighted by Crippen LogP contribution is -2.41. The SMILES string of the molecule is O=C(O)C[C@H](CCc1ccccc1)NC(=O)C1CC(=O)N(Cc2ccco2)C1. The minimum absolute atomic E-state index is 0.101. The van der Waals surface area contributed by atoms with Crippen molar-refractivity contribution in [1.29, 1.82) is 0 Å². The first-order valence-corrected chi connectivity index (χ1v) is 9.37. The number of likely N-dealkylation sites (tertiary alicyclic amines) is 1. The molecule has 2 amide bonds. The van der Waals surface area contributed by atoms with E-state index in [4.69, 9.17) is 9.52 Å². The maximum absolute atomic E-state index is 12.6. The number of carbonyl (C=O) groups excluding carboxylic acids is 2. The predicted molar refractivity (Wildman–Crippen MR) is 101 cm³/mol. The van der Waals surface area contributed by atoms with Crippen LogP contribution in [0.3, 0.4) is 0 Å². The number of rotatable bonds is 9. The van der Waals surface area contributed by atoms with Crippen LogP contribution < -0.4 is 5.32 Å². The van der Waals surface area contributed by atoms with E-state index < -0.39 is 17.9 Å². The number of carboxylic acid groups (broad SMARTS) is 1. The lowest BCUT2D eigenvalue weighted by molar-refractivity contribution is -0.138. The fraction of sp³-hybridized carbons (Fsp3) is 0.381. The normalized spacial score (nSPS) is 17.5. The largest absolute Gasteiger partial charge is 0.481 e. The van der Waals surface area contributed by atoms with Crippen molar-refractivity contribution in [1.82, 2.24) is 10.2 Å². The lowest BCUT2D eigenvalue weighted by Gasteiger charge is -2.20. The van der Waals surface area contributed by atoms with Crippen LogP contribution in [0.5, 0.6) is 0 Å². The molecule has 0 radical (unpaired) electrons. The summed E-state index contributed by atoms with van der Waals surface area (Å²) in [6.07, 6.45) is 2.73. The van der Waals surface area contributed by atoms with Gasteiger partial charge in [0.25, 0.3) is 0 Å². The van der Waals surface area contributed by atoms with Crippen LogP contribution in [0.1, 0.15) is 30.6 Å². The van der Waals surface area contributed by atoms with Gasteiger partial charge in [0.05, 0.1) is 25.1 Å². The summed E-state index contributed by atoms with van der Waals surface area (Å²) in [6.45, 7) is 0.645. The van der Waals surface area contributed by atoms with Gasteiger partial charge in [0.15, 0.2) is 0 Å². The molecule has 1 aliphatic rings. The van der Waals surface area contributed by atoms with E-state index in [0.29, 0.717) is 31.7 Å². The number of nitrogens with one attached hydrogen (secondary N) is 1. The number of aliphatic carboxylic acids is 1. The zero-order valence-corrected chi connectivity index (χ0v) is 15.5. The number of furan rings is 1. The molecule has 148 valence electrons. The van der Waals surface area contributed by atoms with Gasteiger partial charge >= 0.3 is 5.97 Å². The number of hydrogen-bond donors (Lipinski definition) is 2. The second-order valence-electron chi connectivity index (χ2n) is 7.08. The molecule has 7 nitrogen and oxygen atoms in total. The van der Waals surface area contributed by atoms with Crippen LogP contribution in [0.2, 0.25) is 0 Å². The second-order valence-corrected chi connectivity index (χ2v) is 7.08. The van der Waals surface area contributed by atoms with Crippen molar-refractivity contribution >= 4 is 17.8 Å². The quantitative estimate of drug-likeness (QED) is 0.691. The van der Waals surface area contributed by atoms with Crippen molar-refractivity contribution in [2.45, 2.75) is 38.3 Å². The zero-order chi connectivity index (χ0) is 19.9. The Morgan fingerprint density at radius 3 is 2.68 bits per heavy atom. The van der Waals surface area contributed by atoms with Gasteiger partial charge in [-0.15, -0.1) is 0 Å². The standard InChI is InChI=1S/C21H24N2O5/c24-19-11-16(13-23(19)14-18-7-4-10-28-18)21(27)22-17(12-20(25)26)9-8-15-5-2-1-3-6-15/h1-7,10,16-17H,8-9,11-14H2,(H,22,27)(H,25,26)/t16?,17-/m0/s1. The monoisotopic (exact) mass is 384 g/mol. The molecule has 2 heterocycles. The van der Waals surface area contributed by atoms with Crippen molar-refractivity contribution in [2.24, 2.45) is 5.92 Å². The van der Waals surface area contributed by atoms with Gasteiger partial charge in [-0.1, -0.05) is 30.3 Å². The Hall–Kier alpha value is -3.09. The third kappa shape index (κ3) is 5.45. The van der Waals surface area contributed by atoms with Gasteiger partial charge in [0.2, 0.25) is 11.8 Å². The molecule has 2 atom stereocenters. The summed E-state index contributed by atoms with van der Waals surface area (Å²) >= 11 is 0. The average molecular weight is 384 g/mol. The summed E-state index contributed by atoms with van der Waals surface area (Å²) in [5.74, 6) is -1.14. The van der Waals surface area contributed by atoms with Gasteiger partial charge in [0, 0.05) is 19.0 Å². The number of amides is 2. The molecule has 3 rings (SSSR count). The van der Waals surface area contributed by atoms with Crippen LogP contribution in [0.15, 0.2) is 53.1 Å². The van der Waals surface area contributed by atoms with E-state index in [1.807, 2.05) is 30.3 Å². The predicted octanol–water partition coefficient (Wildman–Crippen LogP) is 2.22. The summed E-state index contributed by atoms with van der Waals surface area (Å²) in [5, 5.41) is 12.0. The minimum atomic E-state index is -0.958. The van der Waals surface area contributed by atoms with Gasteiger partial charge in [0.1, 0.15) is 5.76 Å². The molecule has 2 aromatic rings. The number of benzene rings is 1. The third-order valence-corrected chi connectivity index (χ3v) is 4.90. The van der Waals surface area contributed by atoms with Crippen molar-refractivity contribution in [2.75, 3.05) is 6.54 Å². The van der Waals surface area contributed by atoms with Gasteiger partial charge in [-0.2, -0.15) is 0 Å². The van der Waals surface area contributed by atoms with Crippen molar-refractivity contribution in [3.05, 3.63) is 60.1 Å². The summed E-state index contributed by atoms with van der Waals surface area (Å²) < 4.78 is 5.26. The number of nitrogens with zero attached hydrogens (tertiary/aromatic N) is 1. The molecule has 1 fully saturated rings. The minimum Gasteiger partial charge on any atom is -0.481 e. The fourth-order valence-corrected chi connectivity index (χ4v) is 3.43. The zero-order valence-electron chi connectivity index (χ0n) is 15.5. The Morgan fingerprint density at radius 1 is 1.21 bits per heavy atom. The summed E-state index contributed by atoms with van der Waals surface area (Å²) in [5.41, 5.74) is 1.09. The van der Waals surface area contributed by atoms with Gasteiger partial charge in [-0.25, -0.2) is 0 Å². The van der Waals surface area contributed by atoms with E-state index in [9.17, 15) is 14.4 Å². The van der Waals surface area contributed by atoms with Gasteiger partial charge in [-0.3, -0.25) is 14.4 Å². The van der Waals surface area contributed by atoms with E-state index >= 15 is 0 Å². The highest BCUT2D eigenvalue weighted by molar-refractivity contribution is 5.89. The molecule has 0 aliphatic carbocycles. The Kier molecular flexibility index (Phi) is 6.47. The molecule has 0 saturated carbocycles. The molecule has 0 spiro atoms. The van der Waals surface area contributed by atoms with Crippen LogP contribution in [-0.2, 0) is 27.3 Å². The van der Waals surface area contributed by atoms with Crippen LogP contribution in [0.4, 0.5) is 0 Å². The molecule has 1 aromatic heterocycles. The molecule has 1 saturated heterocycles. The number of carboxylic acids is 1. The van der Waals surface area contributed by atoms with Crippen molar-refractivity contribution in [3.63, 3.8) is 0 Å². The molecule has 0 bridgehead atoms. The molecular formula is C21H24N2O5. The third-order valence-electron chi connectivity index (χ3n) is 4.90. The van der Waals surface area contributed by atoms with Crippen molar-refractivity contribution in [3.8, 4) is 0 Å². The van der Waals surface area contributed by atoms with E-state index in [2.05, 4.69) is 5.32 Å². The number of hydrogen-bond acceptors (Lipinski definition) is 4. The topological polar surface area (TPSA) is 99.8 Å². The smallest absolute Gasteiger partial charge is 0.305 e. The van der Waals surface area contributed by atoms with Crippen LogP contribution in [0, 0.1) is 5.92 Å². The first kappa shape index (κ1) is 19.7. The van der Waals surface area contributed by atoms with E-state index in [-0.39, 0.29) is 24.7 Å². The van der Waals surface area contributed by atoms with Crippen molar-refractivity contribution < 1.29 is 23.9 Å². The van der Waals surface area contributed by atoms with Gasteiger partial charge in [-0.05, 0) is 30.5 Å². The molecule has 2 N–H and O–H groups in total. The summed E-state index contributed by atoms with van der Waals surface area (Å²) in [7, 11) is 0. The number of carbonyl (C=O) groups is 3. The van der Waals surface area contributed by atoms with E-state index in [0.717, 1.165) is 5.56 Å². The molecular weight excluding hydrogens is 360 g/mol. The Labute approximate surface area is 163 Å². The average Bonchev–Trinajstić information content (AvgIpc) is 3.31. The number of aryl methyl sites for hydroxylation is 1. The highest BCUT2D eigenvalue weighted by atomic mass is 16.4. The summed E-state index contributed by atoms with van der Waals surface area (Å²) in [6, 6.07) is 12.8. The first-order valence-electron chi connectivity index (χ1n) is 9.37. The summed E-state index contributed by atoms with van der Waals surface area (Å²) in [4.78, 5) is 37.6. The Bertz CT molecular complexity index is 803. The lowest BCUT2D eigenvalue weighted by atomic mass is 10.0. The second kappa shape index (κ2) is 9.21. The maximum atomic E-state index is 12.6.